The fourth-order valence-electron chi connectivity index (χ4n) is 1.16. The van der Waals surface area contributed by atoms with Gasteiger partial charge in [0.05, 0.1) is 11.2 Å². The van der Waals surface area contributed by atoms with Gasteiger partial charge in [0.1, 0.15) is 17.2 Å². The maximum atomic E-state index is 12.7. The first-order valence-corrected chi connectivity index (χ1v) is 4.03. The van der Waals surface area contributed by atoms with Gasteiger partial charge in [-0.25, -0.2) is 14.2 Å². The maximum absolute atomic E-state index is 12.7. The number of aromatic carboxylic acids is 1. The molecule has 0 fully saturated rings. The number of hydrogen-bond acceptors (Lipinski definition) is 2. The van der Waals surface area contributed by atoms with E-state index in [4.69, 9.17) is 16.7 Å². The number of H-pyrrole nitrogens is 1. The van der Waals surface area contributed by atoms with E-state index < -0.39 is 11.8 Å². The summed E-state index contributed by atoms with van der Waals surface area (Å²) in [5, 5.41) is 8.94. The van der Waals surface area contributed by atoms with E-state index in [0.29, 0.717) is 0 Å². The van der Waals surface area contributed by atoms with Gasteiger partial charge in [0.2, 0.25) is 0 Å². The minimum absolute atomic E-state index is 0.0282. The molecule has 0 aliphatic heterocycles. The van der Waals surface area contributed by atoms with Crippen LogP contribution in [0.25, 0.3) is 11.0 Å². The first-order chi connectivity index (χ1) is 6.59. The Morgan fingerprint density at radius 2 is 2.36 bits per heavy atom. The van der Waals surface area contributed by atoms with E-state index in [9.17, 15) is 9.18 Å². The molecular formula is C8H4ClFN2O2. The molecular weight excluding hydrogens is 211 g/mol. The number of carboxylic acid groups (broad SMARTS) is 1. The highest BCUT2D eigenvalue weighted by Gasteiger charge is 2.16. The van der Waals surface area contributed by atoms with Crippen molar-refractivity contribution in [3.05, 3.63) is 28.8 Å². The molecule has 0 saturated carbocycles. The molecule has 0 aliphatic carbocycles. The molecule has 4 nitrogen and oxygen atoms in total. The predicted octanol–water partition coefficient (Wildman–Crippen LogP) is 2.05. The Bertz CT molecular complexity index is 523. The van der Waals surface area contributed by atoms with Crippen molar-refractivity contribution in [2.75, 3.05) is 0 Å². The quantitative estimate of drug-likeness (QED) is 0.764. The van der Waals surface area contributed by atoms with E-state index in [1.807, 2.05) is 0 Å². The van der Waals surface area contributed by atoms with Gasteiger partial charge in [-0.05, 0) is 6.07 Å². The molecule has 2 aromatic heterocycles. The molecule has 0 radical (unpaired) electrons. The first-order valence-electron chi connectivity index (χ1n) is 3.65. The summed E-state index contributed by atoms with van der Waals surface area (Å²) in [6.07, 6.45) is 0.987. The van der Waals surface area contributed by atoms with Crippen LogP contribution in [0.2, 0.25) is 5.02 Å². The van der Waals surface area contributed by atoms with Gasteiger partial charge in [-0.2, -0.15) is 0 Å². The molecule has 0 bridgehead atoms. The van der Waals surface area contributed by atoms with Gasteiger partial charge in [0.25, 0.3) is 0 Å². The summed E-state index contributed by atoms with van der Waals surface area (Å²) in [5.41, 5.74) is 0.0774. The van der Waals surface area contributed by atoms with E-state index >= 15 is 0 Å². The fraction of sp³-hybridized carbons (Fsp3) is 0. The van der Waals surface area contributed by atoms with Crippen molar-refractivity contribution >= 4 is 28.6 Å². The van der Waals surface area contributed by atoms with E-state index in [1.54, 1.807) is 0 Å². The van der Waals surface area contributed by atoms with Crippen molar-refractivity contribution < 1.29 is 14.3 Å². The Hall–Kier alpha value is -1.62. The minimum Gasteiger partial charge on any atom is -0.477 e. The van der Waals surface area contributed by atoms with Crippen LogP contribution < -0.4 is 0 Å². The monoisotopic (exact) mass is 214 g/mol. The molecule has 0 atom stereocenters. The van der Waals surface area contributed by atoms with Crippen molar-refractivity contribution in [1.82, 2.24) is 9.97 Å². The molecule has 0 unspecified atom stereocenters. The van der Waals surface area contributed by atoms with Crippen LogP contribution in [-0.4, -0.2) is 21.0 Å². The molecule has 0 aromatic carbocycles. The Labute approximate surface area is 82.3 Å². The van der Waals surface area contributed by atoms with E-state index in [-0.39, 0.29) is 21.7 Å². The van der Waals surface area contributed by atoms with Crippen LogP contribution in [0.5, 0.6) is 0 Å². The number of fused-ring (bicyclic) bond motifs is 1. The van der Waals surface area contributed by atoms with Gasteiger partial charge >= 0.3 is 5.97 Å². The van der Waals surface area contributed by atoms with Crippen molar-refractivity contribution in [2.45, 2.75) is 0 Å². The van der Waals surface area contributed by atoms with Gasteiger partial charge in [-0.3, -0.25) is 0 Å². The molecule has 6 heteroatoms. The lowest BCUT2D eigenvalue weighted by Crippen LogP contribution is -1.96. The number of nitrogens with zero attached hydrogens (tertiary/aromatic N) is 1. The first kappa shape index (κ1) is 8.96. The van der Waals surface area contributed by atoms with Crippen LogP contribution in [0.3, 0.4) is 0 Å². The lowest BCUT2D eigenvalue weighted by Gasteiger charge is -1.88. The number of carbonyl (C=O) groups is 1. The highest BCUT2D eigenvalue weighted by Crippen LogP contribution is 2.26. The van der Waals surface area contributed by atoms with Gasteiger partial charge in [0.15, 0.2) is 0 Å². The highest BCUT2D eigenvalue weighted by molar-refractivity contribution is 6.38. The molecule has 72 valence electrons. The van der Waals surface area contributed by atoms with Gasteiger partial charge in [-0.15, -0.1) is 0 Å². The lowest BCUT2D eigenvalue weighted by molar-refractivity contribution is 0.0691. The molecule has 2 heterocycles. The smallest absolute Gasteiger partial charge is 0.353 e. The second-order valence-electron chi connectivity index (χ2n) is 2.67. The third-order valence-electron chi connectivity index (χ3n) is 1.77. The standard InChI is InChI=1S/C8H4ClFN2O2/c9-5-4-1-3(10)2-11-7(4)12-6(5)8(13)14/h1-2H,(H,11,12)(H,13,14). The maximum Gasteiger partial charge on any atom is 0.353 e. The summed E-state index contributed by atoms with van der Waals surface area (Å²) < 4.78 is 12.7. The number of nitrogens with one attached hydrogen (secondary N) is 1. The van der Waals surface area contributed by atoms with Crippen LogP contribution in [0, 0.1) is 5.82 Å². The predicted molar refractivity (Wildman–Crippen MR) is 48.0 cm³/mol. The zero-order chi connectivity index (χ0) is 10.3. The van der Waals surface area contributed by atoms with E-state index in [2.05, 4.69) is 9.97 Å². The number of halogens is 2. The second-order valence-corrected chi connectivity index (χ2v) is 3.05. The zero-order valence-electron chi connectivity index (χ0n) is 6.71. The lowest BCUT2D eigenvalue weighted by atomic mass is 10.3. The fourth-order valence-corrected chi connectivity index (χ4v) is 1.43. The Balaban J connectivity index is 2.80. The summed E-state index contributed by atoms with van der Waals surface area (Å²) in [6.45, 7) is 0. The van der Waals surface area contributed by atoms with Crippen LogP contribution in [0.4, 0.5) is 4.39 Å². The molecule has 0 saturated heterocycles. The largest absolute Gasteiger partial charge is 0.477 e. The van der Waals surface area contributed by atoms with Crippen molar-refractivity contribution in [3.63, 3.8) is 0 Å². The summed E-state index contributed by atoms with van der Waals surface area (Å²) in [5.74, 6) is -1.76. The van der Waals surface area contributed by atoms with Crippen molar-refractivity contribution in [3.8, 4) is 0 Å². The van der Waals surface area contributed by atoms with Crippen LogP contribution in [-0.2, 0) is 0 Å². The Morgan fingerprint density at radius 3 is 3.00 bits per heavy atom. The highest BCUT2D eigenvalue weighted by atomic mass is 35.5. The average Bonchev–Trinajstić information content (AvgIpc) is 2.44. The molecule has 14 heavy (non-hydrogen) atoms. The average molecular weight is 215 g/mol. The number of carboxylic acids is 1. The zero-order valence-corrected chi connectivity index (χ0v) is 7.47. The summed E-state index contributed by atoms with van der Waals surface area (Å²) in [6, 6.07) is 1.13. The topological polar surface area (TPSA) is 66.0 Å². The summed E-state index contributed by atoms with van der Waals surface area (Å²) >= 11 is 5.71. The summed E-state index contributed by atoms with van der Waals surface area (Å²) in [7, 11) is 0. The number of aromatic amines is 1. The van der Waals surface area contributed by atoms with E-state index in [0.717, 1.165) is 12.3 Å². The molecule has 2 rings (SSSR count). The summed E-state index contributed by atoms with van der Waals surface area (Å²) in [4.78, 5) is 16.8. The van der Waals surface area contributed by atoms with Gasteiger partial charge < -0.3 is 10.1 Å². The number of aromatic nitrogens is 2. The van der Waals surface area contributed by atoms with Crippen molar-refractivity contribution in [1.29, 1.82) is 0 Å². The van der Waals surface area contributed by atoms with Crippen molar-refractivity contribution in [2.24, 2.45) is 0 Å². The van der Waals surface area contributed by atoms with Gasteiger partial charge in [-0.1, -0.05) is 11.6 Å². The SMILES string of the molecule is O=C(O)c1[nH]c2ncc(F)cc2c1Cl. The van der Waals surface area contributed by atoms with Gasteiger partial charge in [0, 0.05) is 5.39 Å². The third-order valence-corrected chi connectivity index (χ3v) is 2.16. The van der Waals surface area contributed by atoms with Crippen LogP contribution in [0.1, 0.15) is 10.5 Å². The number of pyridine rings is 1. The molecule has 2 N–H and O–H groups in total. The third kappa shape index (κ3) is 1.22. The Kier molecular flexibility index (Phi) is 1.89. The normalized spacial score (nSPS) is 10.7. The van der Waals surface area contributed by atoms with Crippen LogP contribution >= 0.6 is 11.6 Å². The minimum atomic E-state index is -1.20. The molecule has 2 aromatic rings. The number of hydrogen-bond donors (Lipinski definition) is 2. The van der Waals surface area contributed by atoms with Crippen LogP contribution in [0.15, 0.2) is 12.3 Å². The van der Waals surface area contributed by atoms with E-state index in [1.165, 1.54) is 0 Å². The Morgan fingerprint density at radius 1 is 1.64 bits per heavy atom. The molecule has 0 aliphatic rings. The second kappa shape index (κ2) is 2.95. The molecule has 0 amide bonds. The molecule has 0 spiro atoms. The number of rotatable bonds is 1.